The van der Waals surface area contributed by atoms with Crippen molar-refractivity contribution in [2.24, 2.45) is 11.1 Å². The summed E-state index contributed by atoms with van der Waals surface area (Å²) < 4.78 is 5.39. The Morgan fingerprint density at radius 1 is 1.35 bits per heavy atom. The topological polar surface area (TPSA) is 64.3 Å². The number of methoxy groups -OCH3 is 1. The van der Waals surface area contributed by atoms with Crippen molar-refractivity contribution in [3.05, 3.63) is 34.9 Å². The number of ether oxygens (including phenoxy) is 1. The molecule has 0 radical (unpaired) electrons. The first-order valence-corrected chi connectivity index (χ1v) is 6.95. The minimum atomic E-state index is -0.551. The zero-order valence-corrected chi connectivity index (χ0v) is 13.2. The second-order valence-electron chi connectivity index (χ2n) is 5.86. The van der Waals surface area contributed by atoms with E-state index >= 15 is 0 Å². The highest BCUT2D eigenvalue weighted by Gasteiger charge is 2.27. The Morgan fingerprint density at radius 2 is 1.90 bits per heavy atom. The molecule has 0 spiro atoms. The molecule has 1 aromatic rings. The third-order valence-corrected chi connectivity index (χ3v) is 3.46. The van der Waals surface area contributed by atoms with Crippen LogP contribution in [0.15, 0.2) is 24.3 Å². The predicted molar refractivity (Wildman–Crippen MR) is 81.6 cm³/mol. The van der Waals surface area contributed by atoms with Gasteiger partial charge in [-0.25, -0.2) is 0 Å². The summed E-state index contributed by atoms with van der Waals surface area (Å²) in [6, 6.07) is 6.81. The van der Waals surface area contributed by atoms with Crippen molar-refractivity contribution in [1.82, 2.24) is 5.32 Å². The van der Waals surface area contributed by atoms with E-state index in [0.29, 0.717) is 11.6 Å². The Balaban J connectivity index is 2.62. The lowest BCUT2D eigenvalue weighted by molar-refractivity contribution is -0.125. The highest BCUT2D eigenvalue weighted by molar-refractivity contribution is 6.30. The molecule has 20 heavy (non-hydrogen) atoms. The molecule has 5 heteroatoms. The van der Waals surface area contributed by atoms with Crippen molar-refractivity contribution in [2.45, 2.75) is 32.9 Å². The lowest BCUT2D eigenvalue weighted by Crippen LogP contribution is -2.49. The van der Waals surface area contributed by atoms with E-state index in [1.165, 1.54) is 0 Å². The molecule has 0 saturated heterocycles. The van der Waals surface area contributed by atoms with Crippen LogP contribution in [0.2, 0.25) is 5.02 Å². The first-order chi connectivity index (χ1) is 9.25. The number of carbonyl (C=O) groups is 1. The maximum atomic E-state index is 12.0. The Bertz CT molecular complexity index is 440. The van der Waals surface area contributed by atoms with E-state index in [2.05, 4.69) is 5.32 Å². The fraction of sp³-hybridized carbons (Fsp3) is 0.533. The summed E-state index contributed by atoms with van der Waals surface area (Å²) in [6.07, 6.45) is -0.219. The van der Waals surface area contributed by atoms with Crippen LogP contribution in [0.25, 0.3) is 0 Å². The molecule has 0 aromatic heterocycles. The fourth-order valence-corrected chi connectivity index (χ4v) is 1.84. The smallest absolute Gasteiger partial charge is 0.237 e. The first-order valence-electron chi connectivity index (χ1n) is 6.57. The number of carbonyl (C=O) groups excluding carboxylic acids is 1. The van der Waals surface area contributed by atoms with Crippen LogP contribution >= 0.6 is 11.6 Å². The average Bonchev–Trinajstić information content (AvgIpc) is 2.39. The van der Waals surface area contributed by atoms with Gasteiger partial charge >= 0.3 is 0 Å². The van der Waals surface area contributed by atoms with Gasteiger partial charge in [-0.05, 0) is 23.1 Å². The first kappa shape index (κ1) is 17.0. The number of rotatable bonds is 5. The Morgan fingerprint density at radius 3 is 2.35 bits per heavy atom. The van der Waals surface area contributed by atoms with Crippen LogP contribution in [0.3, 0.4) is 0 Å². The van der Waals surface area contributed by atoms with Gasteiger partial charge in [-0.2, -0.15) is 0 Å². The Kier molecular flexibility index (Phi) is 5.99. The van der Waals surface area contributed by atoms with Crippen LogP contribution in [0.4, 0.5) is 0 Å². The van der Waals surface area contributed by atoms with Crippen molar-refractivity contribution >= 4 is 17.5 Å². The SMILES string of the molecule is COC(CNC(=O)[C@@H](N)C(C)(C)C)c1ccc(Cl)cc1. The summed E-state index contributed by atoms with van der Waals surface area (Å²) in [5.74, 6) is -0.173. The lowest BCUT2D eigenvalue weighted by atomic mass is 9.87. The van der Waals surface area contributed by atoms with Crippen molar-refractivity contribution in [3.8, 4) is 0 Å². The van der Waals surface area contributed by atoms with Gasteiger partial charge in [0.25, 0.3) is 0 Å². The van der Waals surface area contributed by atoms with E-state index in [0.717, 1.165) is 5.56 Å². The molecule has 3 N–H and O–H groups in total. The largest absolute Gasteiger partial charge is 0.375 e. The number of nitrogens with two attached hydrogens (primary N) is 1. The summed E-state index contributed by atoms with van der Waals surface area (Å²) >= 11 is 5.85. The number of nitrogens with one attached hydrogen (secondary N) is 1. The second-order valence-corrected chi connectivity index (χ2v) is 6.30. The monoisotopic (exact) mass is 298 g/mol. The normalized spacial score (nSPS) is 14.7. The number of benzene rings is 1. The summed E-state index contributed by atoms with van der Waals surface area (Å²) in [5.41, 5.74) is 6.60. The standard InChI is InChI=1S/C15H23ClN2O2/c1-15(2,3)13(17)14(19)18-9-12(20-4)10-5-7-11(16)8-6-10/h5-8,12-13H,9,17H2,1-4H3,(H,18,19)/t12?,13-/m1/s1. The Hall–Kier alpha value is -1.10. The zero-order chi connectivity index (χ0) is 15.3. The Labute approximate surface area is 125 Å². The minimum Gasteiger partial charge on any atom is -0.375 e. The fourth-order valence-electron chi connectivity index (χ4n) is 1.71. The highest BCUT2D eigenvalue weighted by atomic mass is 35.5. The molecule has 2 atom stereocenters. The maximum Gasteiger partial charge on any atom is 0.237 e. The quantitative estimate of drug-likeness (QED) is 0.878. The molecule has 112 valence electrons. The van der Waals surface area contributed by atoms with E-state index in [1.807, 2.05) is 32.9 Å². The number of amides is 1. The van der Waals surface area contributed by atoms with Gasteiger partial charge in [-0.15, -0.1) is 0 Å². The van der Waals surface area contributed by atoms with Gasteiger partial charge < -0.3 is 15.8 Å². The summed E-state index contributed by atoms with van der Waals surface area (Å²) in [6.45, 7) is 6.18. The zero-order valence-electron chi connectivity index (χ0n) is 12.4. The predicted octanol–water partition coefficient (Wildman–Crippen LogP) is 2.52. The van der Waals surface area contributed by atoms with E-state index in [-0.39, 0.29) is 17.4 Å². The van der Waals surface area contributed by atoms with Gasteiger partial charge in [0.1, 0.15) is 0 Å². The molecule has 1 unspecified atom stereocenters. The van der Waals surface area contributed by atoms with Crippen LogP contribution in [0.1, 0.15) is 32.4 Å². The molecule has 1 rings (SSSR count). The molecule has 0 aliphatic rings. The molecule has 0 fully saturated rings. The molecule has 0 saturated carbocycles. The highest BCUT2D eigenvalue weighted by Crippen LogP contribution is 2.20. The maximum absolute atomic E-state index is 12.0. The number of halogens is 1. The molecule has 0 bridgehead atoms. The molecule has 4 nitrogen and oxygen atoms in total. The second kappa shape index (κ2) is 7.07. The van der Waals surface area contributed by atoms with Crippen LogP contribution in [0.5, 0.6) is 0 Å². The van der Waals surface area contributed by atoms with Crippen LogP contribution in [0, 0.1) is 5.41 Å². The summed E-state index contributed by atoms with van der Waals surface area (Å²) in [7, 11) is 1.61. The molecule has 0 aliphatic heterocycles. The molecule has 0 heterocycles. The van der Waals surface area contributed by atoms with E-state index in [9.17, 15) is 4.79 Å². The van der Waals surface area contributed by atoms with Gasteiger partial charge in [0, 0.05) is 18.7 Å². The van der Waals surface area contributed by atoms with Crippen LogP contribution in [-0.4, -0.2) is 25.6 Å². The van der Waals surface area contributed by atoms with E-state index in [1.54, 1.807) is 19.2 Å². The molecule has 1 amide bonds. The minimum absolute atomic E-state index is 0.173. The molecule has 0 aliphatic carbocycles. The van der Waals surface area contributed by atoms with Crippen molar-refractivity contribution < 1.29 is 9.53 Å². The number of hydrogen-bond acceptors (Lipinski definition) is 3. The van der Waals surface area contributed by atoms with Gasteiger partial charge in [0.2, 0.25) is 5.91 Å². The van der Waals surface area contributed by atoms with Crippen LogP contribution in [-0.2, 0) is 9.53 Å². The van der Waals surface area contributed by atoms with Crippen molar-refractivity contribution in [3.63, 3.8) is 0 Å². The van der Waals surface area contributed by atoms with E-state index in [4.69, 9.17) is 22.1 Å². The van der Waals surface area contributed by atoms with Gasteiger partial charge in [0.15, 0.2) is 0 Å². The lowest BCUT2D eigenvalue weighted by Gasteiger charge is -2.26. The molecule has 1 aromatic carbocycles. The van der Waals surface area contributed by atoms with Crippen molar-refractivity contribution in [1.29, 1.82) is 0 Å². The summed E-state index contributed by atoms with van der Waals surface area (Å²) in [5, 5.41) is 3.50. The van der Waals surface area contributed by atoms with Crippen molar-refractivity contribution in [2.75, 3.05) is 13.7 Å². The molecular weight excluding hydrogens is 276 g/mol. The number of hydrogen-bond donors (Lipinski definition) is 2. The summed E-state index contributed by atoms with van der Waals surface area (Å²) in [4.78, 5) is 12.0. The van der Waals surface area contributed by atoms with E-state index < -0.39 is 6.04 Å². The third-order valence-electron chi connectivity index (χ3n) is 3.20. The molecular formula is C15H23ClN2O2. The van der Waals surface area contributed by atoms with Gasteiger partial charge in [-0.3, -0.25) is 4.79 Å². The third kappa shape index (κ3) is 4.78. The van der Waals surface area contributed by atoms with Gasteiger partial charge in [-0.1, -0.05) is 44.5 Å². The van der Waals surface area contributed by atoms with Gasteiger partial charge in [0.05, 0.1) is 12.1 Å². The van der Waals surface area contributed by atoms with Crippen LogP contribution < -0.4 is 11.1 Å². The average molecular weight is 299 g/mol.